The van der Waals surface area contributed by atoms with Crippen molar-refractivity contribution in [2.45, 2.75) is 89.7 Å². The van der Waals surface area contributed by atoms with Crippen molar-refractivity contribution in [2.75, 3.05) is 6.54 Å². The molecule has 10 nitrogen and oxygen atoms in total. The molecule has 0 radical (unpaired) electrons. The predicted octanol–water partition coefficient (Wildman–Crippen LogP) is 3.29. The van der Waals surface area contributed by atoms with E-state index in [-0.39, 0.29) is 48.0 Å². The third-order valence-electron chi connectivity index (χ3n) is 8.68. The van der Waals surface area contributed by atoms with Gasteiger partial charge in [-0.3, -0.25) is 9.59 Å². The van der Waals surface area contributed by atoms with Gasteiger partial charge in [-0.05, 0) is 62.1 Å². The molecular weight excluding hydrogens is 482 g/mol. The molecule has 10 heteroatoms. The largest absolute Gasteiger partial charge is 0.504 e. The van der Waals surface area contributed by atoms with Crippen LogP contribution in [0.2, 0.25) is 0 Å². The third kappa shape index (κ3) is 4.92. The van der Waals surface area contributed by atoms with Gasteiger partial charge >= 0.3 is 5.97 Å². The Hall–Kier alpha value is -2.40. The van der Waals surface area contributed by atoms with Crippen LogP contribution in [0.25, 0.3) is 0 Å². The monoisotopic (exact) mass is 519 g/mol. The molecular formula is C27H37NO9. The molecule has 1 aromatic carbocycles. The van der Waals surface area contributed by atoms with E-state index in [2.05, 4.69) is 12.2 Å². The molecule has 6 rings (SSSR count). The number of nitrogens with one attached hydrogen (secondary N) is 1. The van der Waals surface area contributed by atoms with Crippen molar-refractivity contribution in [3.63, 3.8) is 0 Å². The molecule has 1 aromatic rings. The smallest absolute Gasteiger partial charge is 0.308 e. The minimum Gasteiger partial charge on any atom is -0.504 e. The normalized spacial score (nSPS) is 38.4. The summed E-state index contributed by atoms with van der Waals surface area (Å²) >= 11 is 0. The number of hydrogen-bond acceptors (Lipinski definition) is 9. The Kier molecular flexibility index (Phi) is 7.12. The van der Waals surface area contributed by atoms with E-state index in [0.717, 1.165) is 24.8 Å². The highest BCUT2D eigenvalue weighted by molar-refractivity contribution is 5.81. The lowest BCUT2D eigenvalue weighted by atomic mass is 9.58. The van der Waals surface area contributed by atoms with Crippen molar-refractivity contribution >= 4 is 11.9 Å². The Morgan fingerprint density at radius 2 is 1.89 bits per heavy atom. The zero-order chi connectivity index (χ0) is 26.4. The number of aromatic hydroxyl groups is 2. The van der Waals surface area contributed by atoms with Crippen LogP contribution >= 0.6 is 0 Å². The molecule has 0 aromatic heterocycles. The number of phenols is 2. The number of amides is 1. The molecule has 3 N–H and O–H groups in total. The summed E-state index contributed by atoms with van der Waals surface area (Å²) in [7, 11) is 0. The van der Waals surface area contributed by atoms with Gasteiger partial charge < -0.3 is 29.7 Å². The second-order valence-corrected chi connectivity index (χ2v) is 11.2. The first-order valence-electron chi connectivity index (χ1n) is 13.3. The summed E-state index contributed by atoms with van der Waals surface area (Å²) in [5.74, 6) is -1.47. The Morgan fingerprint density at radius 1 is 1.08 bits per heavy atom. The summed E-state index contributed by atoms with van der Waals surface area (Å²) in [6.07, 6.45) is 2.50. The second-order valence-electron chi connectivity index (χ2n) is 11.2. The van der Waals surface area contributed by atoms with E-state index < -0.39 is 29.9 Å². The summed E-state index contributed by atoms with van der Waals surface area (Å²) in [6, 6.07) is 4.52. The van der Waals surface area contributed by atoms with Crippen LogP contribution in [0.15, 0.2) is 18.2 Å². The van der Waals surface area contributed by atoms with E-state index in [9.17, 15) is 19.8 Å². The molecule has 5 fully saturated rings. The highest BCUT2D eigenvalue weighted by Crippen LogP contribution is 2.60. The first kappa shape index (κ1) is 26.2. The molecule has 37 heavy (non-hydrogen) atoms. The molecule has 4 aliphatic heterocycles. The van der Waals surface area contributed by atoms with Crippen molar-refractivity contribution in [2.24, 2.45) is 23.7 Å². The molecule has 2 bridgehead atoms. The maximum absolute atomic E-state index is 12.7. The van der Waals surface area contributed by atoms with E-state index >= 15 is 0 Å². The fourth-order valence-electron chi connectivity index (χ4n) is 6.57. The number of rotatable bonds is 7. The number of benzene rings is 1. The fraction of sp³-hybridized carbons (Fsp3) is 0.704. The topological polar surface area (TPSA) is 133 Å². The highest BCUT2D eigenvalue weighted by Gasteiger charge is 2.69. The van der Waals surface area contributed by atoms with Crippen molar-refractivity contribution in [1.82, 2.24) is 5.32 Å². The second kappa shape index (κ2) is 10.1. The van der Waals surface area contributed by atoms with Crippen LogP contribution in [0, 0.1) is 23.7 Å². The Labute approximate surface area is 216 Å². The number of hydrogen-bond donors (Lipinski definition) is 3. The molecule has 1 amide bonds. The molecule has 8 atom stereocenters. The standard InChI is InChI=1S/C27H37NO9/c1-15-4-6-19-16(2)24(34-25-27(19)18(15)10-12-26(3,35-25)36-37-27)33-23(32)9-8-22(31)28-13-11-17-5-7-20(29)21(30)14-17/h5,7,14-16,18-19,24-25,29-30H,4,6,8-13H2,1-3H3,(H,28,31)/t15-,16-,18-,19+,24-,25-,26-,27-/m1/s1. The average molecular weight is 520 g/mol. The van der Waals surface area contributed by atoms with Gasteiger partial charge in [-0.2, -0.15) is 0 Å². The van der Waals surface area contributed by atoms with Crippen molar-refractivity contribution in [1.29, 1.82) is 0 Å². The van der Waals surface area contributed by atoms with Crippen LogP contribution in [-0.2, 0) is 40.0 Å². The Balaban J connectivity index is 1.14. The zero-order valence-electron chi connectivity index (χ0n) is 21.6. The Bertz CT molecular complexity index is 1030. The summed E-state index contributed by atoms with van der Waals surface area (Å²) in [5.41, 5.74) is 0.0534. The molecule has 1 saturated carbocycles. The zero-order valence-corrected chi connectivity index (χ0v) is 21.6. The van der Waals surface area contributed by atoms with Gasteiger partial charge in [0.25, 0.3) is 0 Å². The van der Waals surface area contributed by atoms with Gasteiger partial charge in [0.15, 0.2) is 23.4 Å². The Morgan fingerprint density at radius 3 is 2.68 bits per heavy atom. The van der Waals surface area contributed by atoms with E-state index in [1.54, 1.807) is 6.07 Å². The van der Waals surface area contributed by atoms with Crippen LogP contribution in [0.1, 0.15) is 64.9 Å². The van der Waals surface area contributed by atoms with Gasteiger partial charge in [-0.25, -0.2) is 9.78 Å². The van der Waals surface area contributed by atoms with Gasteiger partial charge in [-0.15, -0.1) is 0 Å². The molecule has 1 aliphatic carbocycles. The van der Waals surface area contributed by atoms with Crippen molar-refractivity contribution in [3.05, 3.63) is 23.8 Å². The number of fused-ring (bicyclic) bond motifs is 2. The van der Waals surface area contributed by atoms with Crippen molar-refractivity contribution in [3.8, 4) is 11.5 Å². The van der Waals surface area contributed by atoms with Crippen LogP contribution < -0.4 is 5.32 Å². The maximum atomic E-state index is 12.7. The average Bonchev–Trinajstić information content (AvgIpc) is 3.09. The highest BCUT2D eigenvalue weighted by atomic mass is 17.3. The van der Waals surface area contributed by atoms with Crippen LogP contribution in [0.5, 0.6) is 11.5 Å². The lowest BCUT2D eigenvalue weighted by molar-refractivity contribution is -0.576. The van der Waals surface area contributed by atoms with E-state index in [1.807, 2.05) is 13.8 Å². The van der Waals surface area contributed by atoms with Gasteiger partial charge in [-0.1, -0.05) is 19.9 Å². The van der Waals surface area contributed by atoms with Crippen molar-refractivity contribution < 1.29 is 43.8 Å². The minimum atomic E-state index is -0.899. The lowest BCUT2D eigenvalue weighted by Gasteiger charge is -2.59. The van der Waals surface area contributed by atoms with E-state index in [0.29, 0.717) is 25.3 Å². The molecule has 1 spiro atoms. The first-order valence-corrected chi connectivity index (χ1v) is 13.3. The summed E-state index contributed by atoms with van der Waals surface area (Å²) in [4.78, 5) is 36.8. The van der Waals surface area contributed by atoms with Gasteiger partial charge in [0, 0.05) is 31.2 Å². The summed E-state index contributed by atoms with van der Waals surface area (Å²) in [5, 5.41) is 21.7. The third-order valence-corrected chi connectivity index (χ3v) is 8.68. The van der Waals surface area contributed by atoms with E-state index in [1.165, 1.54) is 12.1 Å². The van der Waals surface area contributed by atoms with Crippen LogP contribution in [-0.4, -0.2) is 52.6 Å². The number of ether oxygens (including phenoxy) is 3. The number of carbonyl (C=O) groups is 2. The van der Waals surface area contributed by atoms with Gasteiger partial charge in [0.05, 0.1) is 6.42 Å². The maximum Gasteiger partial charge on any atom is 0.308 e. The summed E-state index contributed by atoms with van der Waals surface area (Å²) < 4.78 is 18.3. The number of esters is 1. The molecule has 5 aliphatic rings. The van der Waals surface area contributed by atoms with E-state index in [4.69, 9.17) is 24.0 Å². The first-order chi connectivity index (χ1) is 17.6. The molecule has 4 heterocycles. The minimum absolute atomic E-state index is 0.0112. The molecule has 204 valence electrons. The van der Waals surface area contributed by atoms with Crippen LogP contribution in [0.3, 0.4) is 0 Å². The lowest BCUT2D eigenvalue weighted by Crippen LogP contribution is -2.70. The number of carbonyl (C=O) groups excluding carboxylic acids is 2. The number of phenolic OH excluding ortho intramolecular Hbond substituents is 2. The summed E-state index contributed by atoms with van der Waals surface area (Å²) in [6.45, 7) is 6.44. The molecule has 0 unspecified atom stereocenters. The SMILES string of the molecule is C[C@H]1[C@H](OC(=O)CCC(=O)NCCc2ccc(O)c(O)c2)O[C@@H]2O[C@@]3(C)CC[C@@H]4[C@H](C)CC[C@@H]1[C@@]24OO3. The fourth-order valence-corrected chi connectivity index (χ4v) is 6.57. The molecule has 4 saturated heterocycles. The quantitative estimate of drug-likeness (QED) is 0.282. The van der Waals surface area contributed by atoms with Gasteiger partial charge in [0.1, 0.15) is 0 Å². The van der Waals surface area contributed by atoms with Crippen LogP contribution in [0.4, 0.5) is 0 Å². The predicted molar refractivity (Wildman–Crippen MR) is 129 cm³/mol. The van der Waals surface area contributed by atoms with Gasteiger partial charge in [0.2, 0.25) is 18.0 Å².